The molecule has 0 atom stereocenters. The van der Waals surface area contributed by atoms with Gasteiger partial charge in [0.1, 0.15) is 16.5 Å². The van der Waals surface area contributed by atoms with E-state index in [1.807, 2.05) is 0 Å². The Kier molecular flexibility index (Phi) is 2.89. The predicted octanol–water partition coefficient (Wildman–Crippen LogP) is 2.86. The van der Waals surface area contributed by atoms with Gasteiger partial charge in [-0.25, -0.2) is 8.78 Å². The zero-order valence-corrected chi connectivity index (χ0v) is 9.39. The highest BCUT2D eigenvalue weighted by Crippen LogP contribution is 2.37. The van der Waals surface area contributed by atoms with Gasteiger partial charge in [-0.1, -0.05) is 16.8 Å². The molecule has 2 N–H and O–H groups in total. The molecule has 0 aliphatic carbocycles. The van der Waals surface area contributed by atoms with Crippen molar-refractivity contribution in [3.8, 4) is 17.0 Å². The second-order valence-corrected chi connectivity index (χ2v) is 3.56. The van der Waals surface area contributed by atoms with Gasteiger partial charge >= 0.3 is 0 Å². The van der Waals surface area contributed by atoms with Gasteiger partial charge in [0, 0.05) is 6.07 Å². The standard InChI is InChI=1S/C10H7ClF2N2O2/c1-16-10-4(6-3-7(14)17-15-6)2-5(12)8(11)9(10)13/h2-3H,14H2,1H3. The van der Waals surface area contributed by atoms with E-state index in [1.165, 1.54) is 13.2 Å². The van der Waals surface area contributed by atoms with Gasteiger partial charge in [0.2, 0.25) is 5.88 Å². The number of nitrogen functional groups attached to an aromatic ring is 1. The van der Waals surface area contributed by atoms with Crippen molar-refractivity contribution in [3.63, 3.8) is 0 Å². The maximum Gasteiger partial charge on any atom is 0.222 e. The Morgan fingerprint density at radius 3 is 2.65 bits per heavy atom. The maximum atomic E-state index is 13.6. The number of aromatic nitrogens is 1. The van der Waals surface area contributed by atoms with Crippen LogP contribution in [0, 0.1) is 11.6 Å². The van der Waals surface area contributed by atoms with Gasteiger partial charge in [-0.2, -0.15) is 0 Å². The van der Waals surface area contributed by atoms with E-state index in [-0.39, 0.29) is 22.9 Å². The molecule has 0 aliphatic heterocycles. The summed E-state index contributed by atoms with van der Waals surface area (Å²) >= 11 is 5.43. The number of methoxy groups -OCH3 is 1. The highest BCUT2D eigenvalue weighted by Gasteiger charge is 2.21. The number of nitrogens with zero attached hydrogens (tertiary/aromatic N) is 1. The average molecular weight is 261 g/mol. The monoisotopic (exact) mass is 260 g/mol. The van der Waals surface area contributed by atoms with Crippen LogP contribution in [0.3, 0.4) is 0 Å². The maximum absolute atomic E-state index is 13.6. The van der Waals surface area contributed by atoms with Crippen LogP contribution in [-0.4, -0.2) is 12.3 Å². The second-order valence-electron chi connectivity index (χ2n) is 3.18. The third kappa shape index (κ3) is 1.91. The highest BCUT2D eigenvalue weighted by atomic mass is 35.5. The summed E-state index contributed by atoms with van der Waals surface area (Å²) in [7, 11) is 1.24. The molecule has 0 saturated carbocycles. The molecule has 0 spiro atoms. The van der Waals surface area contributed by atoms with Gasteiger partial charge in [-0.15, -0.1) is 0 Å². The minimum atomic E-state index is -0.995. The molecule has 4 nitrogen and oxygen atoms in total. The van der Waals surface area contributed by atoms with Crippen molar-refractivity contribution in [2.75, 3.05) is 12.8 Å². The lowest BCUT2D eigenvalue weighted by Crippen LogP contribution is -1.96. The molecule has 0 bridgehead atoms. The van der Waals surface area contributed by atoms with Crippen molar-refractivity contribution in [3.05, 3.63) is 28.8 Å². The van der Waals surface area contributed by atoms with Gasteiger partial charge in [0.25, 0.3) is 0 Å². The van der Waals surface area contributed by atoms with Crippen LogP contribution in [0.15, 0.2) is 16.7 Å². The lowest BCUT2D eigenvalue weighted by molar-refractivity contribution is 0.385. The summed E-state index contributed by atoms with van der Waals surface area (Å²) < 4.78 is 36.4. The lowest BCUT2D eigenvalue weighted by Gasteiger charge is -2.08. The number of hydrogen-bond donors (Lipinski definition) is 1. The van der Waals surface area contributed by atoms with Crippen molar-refractivity contribution in [2.24, 2.45) is 0 Å². The molecular formula is C10H7ClF2N2O2. The molecule has 2 rings (SSSR count). The van der Waals surface area contributed by atoms with Crippen molar-refractivity contribution in [1.29, 1.82) is 0 Å². The minimum Gasteiger partial charge on any atom is -0.493 e. The summed E-state index contributed by atoms with van der Waals surface area (Å²) in [6, 6.07) is 2.33. The normalized spacial score (nSPS) is 10.6. The minimum absolute atomic E-state index is 0.0258. The SMILES string of the molecule is COc1c(-c2cc(N)on2)cc(F)c(Cl)c1F. The first-order chi connectivity index (χ1) is 8.04. The van der Waals surface area contributed by atoms with Gasteiger partial charge < -0.3 is 15.0 Å². The first-order valence-corrected chi connectivity index (χ1v) is 4.86. The molecule has 0 aliphatic rings. The number of rotatable bonds is 2. The third-order valence-electron chi connectivity index (χ3n) is 2.13. The average Bonchev–Trinajstić information content (AvgIpc) is 2.72. The number of halogens is 3. The first-order valence-electron chi connectivity index (χ1n) is 4.48. The molecule has 0 fully saturated rings. The summed E-state index contributed by atoms with van der Waals surface area (Å²) in [5.74, 6) is -2.10. The molecule has 1 aromatic carbocycles. The number of anilines is 1. The molecule has 17 heavy (non-hydrogen) atoms. The van der Waals surface area contributed by atoms with E-state index < -0.39 is 16.7 Å². The zero-order chi connectivity index (χ0) is 12.6. The fourth-order valence-corrected chi connectivity index (χ4v) is 1.52. The summed E-state index contributed by atoms with van der Waals surface area (Å²) in [4.78, 5) is 0. The Morgan fingerprint density at radius 2 is 2.12 bits per heavy atom. The summed E-state index contributed by atoms with van der Waals surface area (Å²) in [5, 5.41) is 2.91. The Hall–Kier alpha value is -1.82. The molecule has 0 amide bonds. The van der Waals surface area contributed by atoms with Crippen LogP contribution in [0.4, 0.5) is 14.7 Å². The number of nitrogens with two attached hydrogens (primary N) is 1. The summed E-state index contributed by atoms with van der Waals surface area (Å²) in [6.45, 7) is 0. The lowest BCUT2D eigenvalue weighted by atomic mass is 10.1. The Labute approximate surface area is 99.9 Å². The quantitative estimate of drug-likeness (QED) is 0.844. The van der Waals surface area contributed by atoms with E-state index in [0.717, 1.165) is 6.07 Å². The zero-order valence-electron chi connectivity index (χ0n) is 8.63. The molecule has 90 valence electrons. The highest BCUT2D eigenvalue weighted by molar-refractivity contribution is 6.31. The predicted molar refractivity (Wildman–Crippen MR) is 57.8 cm³/mol. The van der Waals surface area contributed by atoms with Gasteiger partial charge in [-0.05, 0) is 6.07 Å². The Balaban J connectivity index is 2.69. The molecule has 0 radical (unpaired) electrons. The number of benzene rings is 1. The van der Waals surface area contributed by atoms with Crippen molar-refractivity contribution < 1.29 is 18.0 Å². The van der Waals surface area contributed by atoms with Crippen molar-refractivity contribution >= 4 is 17.5 Å². The summed E-state index contributed by atoms with van der Waals surface area (Å²) in [5.41, 5.74) is 5.57. The number of ether oxygens (including phenoxy) is 1. The molecular weight excluding hydrogens is 254 g/mol. The molecule has 2 aromatic rings. The molecule has 7 heteroatoms. The van der Waals surface area contributed by atoms with Gasteiger partial charge in [-0.3, -0.25) is 0 Å². The van der Waals surface area contributed by atoms with E-state index in [4.69, 9.17) is 22.1 Å². The number of hydrogen-bond acceptors (Lipinski definition) is 4. The van der Waals surface area contributed by atoms with Gasteiger partial charge in [0.05, 0.1) is 12.7 Å². The fourth-order valence-electron chi connectivity index (χ4n) is 1.38. The van der Waals surface area contributed by atoms with Gasteiger partial charge in [0.15, 0.2) is 11.6 Å². The van der Waals surface area contributed by atoms with Crippen LogP contribution in [0.25, 0.3) is 11.3 Å². The van der Waals surface area contributed by atoms with E-state index in [9.17, 15) is 8.78 Å². The molecule has 0 unspecified atom stereocenters. The smallest absolute Gasteiger partial charge is 0.222 e. The second kappa shape index (κ2) is 4.21. The topological polar surface area (TPSA) is 61.3 Å². The fraction of sp³-hybridized carbons (Fsp3) is 0.100. The van der Waals surface area contributed by atoms with Crippen LogP contribution in [0.5, 0.6) is 5.75 Å². The first kappa shape index (κ1) is 11.7. The van der Waals surface area contributed by atoms with Crippen molar-refractivity contribution in [2.45, 2.75) is 0 Å². The summed E-state index contributed by atoms with van der Waals surface area (Å²) in [6.07, 6.45) is 0. The largest absolute Gasteiger partial charge is 0.493 e. The van der Waals surface area contributed by atoms with Crippen LogP contribution < -0.4 is 10.5 Å². The van der Waals surface area contributed by atoms with Crippen LogP contribution in [-0.2, 0) is 0 Å². The van der Waals surface area contributed by atoms with E-state index in [2.05, 4.69) is 9.68 Å². The third-order valence-corrected chi connectivity index (χ3v) is 2.47. The van der Waals surface area contributed by atoms with E-state index >= 15 is 0 Å². The Bertz CT molecular complexity index is 572. The van der Waals surface area contributed by atoms with Crippen LogP contribution >= 0.6 is 11.6 Å². The van der Waals surface area contributed by atoms with E-state index in [1.54, 1.807) is 0 Å². The van der Waals surface area contributed by atoms with E-state index in [0.29, 0.717) is 0 Å². The van der Waals surface area contributed by atoms with Crippen molar-refractivity contribution in [1.82, 2.24) is 5.16 Å². The molecule has 1 aromatic heterocycles. The molecule has 0 saturated heterocycles. The van der Waals surface area contributed by atoms with Crippen LogP contribution in [0.1, 0.15) is 0 Å². The Morgan fingerprint density at radius 1 is 1.41 bits per heavy atom. The van der Waals surface area contributed by atoms with Crippen LogP contribution in [0.2, 0.25) is 5.02 Å². The molecule has 1 heterocycles.